The van der Waals surface area contributed by atoms with Gasteiger partial charge in [-0.15, -0.1) is 0 Å². The van der Waals surface area contributed by atoms with Crippen molar-refractivity contribution in [3.63, 3.8) is 0 Å². The number of carbonyl (C=O) groups excluding carboxylic acids is 2. The third-order valence-corrected chi connectivity index (χ3v) is 21.3. The van der Waals surface area contributed by atoms with E-state index in [2.05, 4.69) is 36.0 Å². The lowest BCUT2D eigenvalue weighted by molar-refractivity contribution is -0.277. The first-order valence-electron chi connectivity index (χ1n) is 38.9. The molecule has 0 radical (unpaired) electrons. The minimum atomic E-state index is -1.68. The van der Waals surface area contributed by atoms with Crippen LogP contribution in [0.15, 0.2) is 129 Å². The van der Waals surface area contributed by atoms with Gasteiger partial charge in [0.1, 0.15) is 113 Å². The molecule has 4 aliphatic heterocycles. The van der Waals surface area contributed by atoms with Gasteiger partial charge < -0.3 is 139 Å². The van der Waals surface area contributed by atoms with Gasteiger partial charge in [0, 0.05) is 75.1 Å². The molecule has 8 heterocycles. The Hall–Kier alpha value is -10.6. The second-order valence-corrected chi connectivity index (χ2v) is 30.1. The largest absolute Gasteiger partial charge is 0.507 e. The molecule has 0 spiro atoms. The van der Waals surface area contributed by atoms with Crippen molar-refractivity contribution in [2.24, 2.45) is 7.05 Å². The highest BCUT2D eigenvalue weighted by Crippen LogP contribution is 2.48. The van der Waals surface area contributed by atoms with Crippen molar-refractivity contribution in [2.75, 3.05) is 66.3 Å². The molecule has 4 aromatic heterocycles. The summed E-state index contributed by atoms with van der Waals surface area (Å²) in [6, 6.07) is 30.4. The Kier molecular flexibility index (Phi) is 28.9. The number of phenolic OH excluding ortho intramolecular Hbond substituents is 3. The van der Waals surface area contributed by atoms with E-state index in [0.717, 1.165) is 42.2 Å². The molecule has 18 N–H and O–H groups in total. The van der Waals surface area contributed by atoms with Crippen molar-refractivity contribution in [1.29, 1.82) is 0 Å². The molecule has 121 heavy (non-hydrogen) atoms. The van der Waals surface area contributed by atoms with Crippen LogP contribution < -0.4 is 35.3 Å². The first-order chi connectivity index (χ1) is 57.9. The van der Waals surface area contributed by atoms with Crippen LogP contribution in [0.2, 0.25) is 5.02 Å². The summed E-state index contributed by atoms with van der Waals surface area (Å²) in [5.41, 5.74) is 5.95. The number of benzene rings is 6. The lowest BCUT2D eigenvalue weighted by Crippen LogP contribution is -2.60. The number of ether oxygens (including phenoxy) is 8. The number of aromatic nitrogens is 6. The maximum absolute atomic E-state index is 13.1. The number of aromatic amines is 1. The van der Waals surface area contributed by atoms with Crippen LogP contribution in [-0.4, -0.2) is 281 Å². The molecule has 15 atom stereocenters. The molecule has 10 aromatic rings. The lowest BCUT2D eigenvalue weighted by atomic mass is 9.93. The van der Waals surface area contributed by atoms with Crippen molar-refractivity contribution in [3.8, 4) is 102 Å². The van der Waals surface area contributed by atoms with Gasteiger partial charge in [-0.25, -0.2) is 14.5 Å². The first-order valence-corrected chi connectivity index (χ1v) is 39.3. The zero-order valence-corrected chi connectivity index (χ0v) is 67.7. The van der Waals surface area contributed by atoms with Gasteiger partial charge in [0.15, 0.2) is 28.7 Å². The summed E-state index contributed by atoms with van der Waals surface area (Å²) in [6.07, 6.45) is -20.4. The fraction of sp³-hybridized carbons (Fsp3) is 0.422. The lowest BCUT2D eigenvalue weighted by Gasteiger charge is -2.39. The summed E-state index contributed by atoms with van der Waals surface area (Å²) in [7, 11) is 3.45. The number of aryl methyl sites for hydroxylation is 1. The van der Waals surface area contributed by atoms with E-state index in [1.165, 1.54) is 29.9 Å². The van der Waals surface area contributed by atoms with Gasteiger partial charge in [-0.1, -0.05) is 86.0 Å². The van der Waals surface area contributed by atoms with Crippen LogP contribution in [-0.2, 0) is 32.5 Å². The minimum absolute atomic E-state index is 0.0100. The predicted molar refractivity (Wildman–Crippen MR) is 431 cm³/mol. The van der Waals surface area contributed by atoms with Crippen LogP contribution in [0.3, 0.4) is 0 Å². The molecule has 37 nitrogen and oxygen atoms in total. The Labute approximate surface area is 696 Å². The highest BCUT2D eigenvalue weighted by Gasteiger charge is 2.48. The van der Waals surface area contributed by atoms with Crippen LogP contribution >= 0.6 is 11.6 Å². The molecular formula is C83H98ClN9O28. The van der Waals surface area contributed by atoms with Gasteiger partial charge in [-0.3, -0.25) is 14.5 Å². The van der Waals surface area contributed by atoms with Gasteiger partial charge in [-0.05, 0) is 108 Å². The number of aliphatic hydroxyl groups excluding tert-OH is 12. The number of carbonyl (C=O) groups is 2. The number of methoxy groups -OCH3 is 1. The zero-order chi connectivity index (χ0) is 87.1. The molecule has 0 saturated carbocycles. The molecule has 0 aliphatic carbocycles. The Morgan fingerprint density at radius 2 is 1.00 bits per heavy atom. The number of amides is 2. The number of morpholine rings is 1. The molecule has 4 saturated heterocycles. The molecule has 6 aromatic carbocycles. The van der Waals surface area contributed by atoms with Crippen molar-refractivity contribution < 1.29 is 133 Å². The Morgan fingerprint density at radius 1 is 0.562 bits per heavy atom. The maximum atomic E-state index is 13.1. The van der Waals surface area contributed by atoms with E-state index in [9.17, 15) is 91.0 Å². The summed E-state index contributed by atoms with van der Waals surface area (Å²) < 4.78 is 58.9. The number of aromatic hydroxyl groups is 3. The van der Waals surface area contributed by atoms with Crippen LogP contribution in [0.5, 0.6) is 40.2 Å². The quantitative estimate of drug-likeness (QED) is 0.0411. The highest BCUT2D eigenvalue weighted by molar-refractivity contribution is 6.32. The van der Waals surface area contributed by atoms with Gasteiger partial charge in [0.25, 0.3) is 11.8 Å². The first kappa shape index (κ1) is 89.6. The summed E-state index contributed by atoms with van der Waals surface area (Å²) in [6.45, 7) is 13.9. The van der Waals surface area contributed by atoms with E-state index in [1.54, 1.807) is 56.3 Å². The fourth-order valence-electron chi connectivity index (χ4n) is 14.3. The van der Waals surface area contributed by atoms with Crippen LogP contribution in [0, 0.1) is 0 Å². The van der Waals surface area contributed by atoms with E-state index < -0.39 is 129 Å². The number of phenols is 3. The number of fused-ring (bicyclic) bond motifs is 1. The van der Waals surface area contributed by atoms with Crippen molar-refractivity contribution in [3.05, 3.63) is 159 Å². The average molecular weight is 1710 g/mol. The predicted octanol–water partition coefficient (Wildman–Crippen LogP) is 3.63. The van der Waals surface area contributed by atoms with E-state index in [4.69, 9.17) is 58.5 Å². The van der Waals surface area contributed by atoms with Crippen LogP contribution in [0.4, 0.5) is 0 Å². The van der Waals surface area contributed by atoms with Crippen molar-refractivity contribution >= 4 is 34.3 Å². The van der Waals surface area contributed by atoms with Crippen LogP contribution in [0.1, 0.15) is 91.0 Å². The zero-order valence-electron chi connectivity index (χ0n) is 66.9. The molecular weight excluding hydrogens is 1610 g/mol. The Balaban J connectivity index is 0.000000167. The van der Waals surface area contributed by atoms with E-state index in [1.807, 2.05) is 88.0 Å². The van der Waals surface area contributed by atoms with Gasteiger partial charge in [-0.2, -0.15) is 5.10 Å². The fourth-order valence-corrected chi connectivity index (χ4v) is 14.5. The van der Waals surface area contributed by atoms with Crippen LogP contribution in [0.25, 0.3) is 72.9 Å². The maximum Gasteiger partial charge on any atom is 0.348 e. The second-order valence-electron chi connectivity index (χ2n) is 29.7. The molecule has 4 aliphatic rings. The number of hydrogen-bond donors (Lipinski definition) is 18. The molecule has 650 valence electrons. The number of rotatable bonds is 24. The molecule has 14 rings (SSSR count). The number of nitrogens with one attached hydrogen (secondary N) is 3. The summed E-state index contributed by atoms with van der Waals surface area (Å²) >= 11 is 6.42. The molecule has 4 fully saturated rings. The normalized spacial score (nSPS) is 23.7. The van der Waals surface area contributed by atoms with Crippen molar-refractivity contribution in [1.82, 2.24) is 45.2 Å². The van der Waals surface area contributed by atoms with E-state index in [0.29, 0.717) is 71.1 Å². The molecule has 38 heteroatoms. The average Bonchev–Trinajstić information content (AvgIpc) is 1.73. The second kappa shape index (κ2) is 39.0. The Morgan fingerprint density at radius 3 is 1.45 bits per heavy atom. The SMILES string of the molecule is CC(C)c1cc(-c2n[nH]c(=O)n2-c2ccc3c(ccn3C)c2)c(O)cc1O[C@@H]1O[C@H](CO)[C@H](O)[C@H](O)[C@H]1O.CCNC(=O)c1noc(-c2cc(C(C)C)c(O[C@@H]3O[C@H](CO)[C@H](O)[C@H](O)[C@H]3O)cc2O)c1-c1ccc(CN2CCOCC2)cc1.CCNC(=O)c1noc(-c2cc(Cl)c(O[C@@H]3O[C@H](CO)[C@H](O)[C@H](O)[C@H]3O)cc2O)c1-c1ccc(OC)cc1. The standard InChI is InChI=1S/C32H41N3O10.C26H30N4O8.C25H27ClN2O10/c1-4-33-31(41)26-25(19-7-5-18(6-8-19)15-35-9-11-42-12-10-35)30(45-34-26)21-13-20(17(2)3)23(14-22(21)37)43-32-29(40)28(39)27(38)24(16-36)44-32;1-12(2)15-9-16(18(32)10-19(15)37-25-23(35)22(34)21(33)20(11-31)38-25)24-27-28-26(36)30(24)14-4-5-17-13(8-14)6-7-29(17)3;1-3-27-24(34)19-18(11-4-6-12(35-2)7-5-11)23(38-28-19)13-8-14(26)16(9-15(13)30)36-25-22(33)21(32)20(31)17(10-29)37-25/h5-8,13-14,17,24,27-29,32,36-40H,4,9-12,15-16H2,1-3H3,(H,33,41);4-10,12,20-23,25,31-35H,11H2,1-3H3,(H,28,36);4-9,17,20-22,25,29-33H,3,10H2,1-2H3,(H,27,34)/t24-,27+,28+,29-,32-;20-,21+,22+,23-,25-;17-,20+,21+,22-,25-/m111/s1. The van der Waals surface area contributed by atoms with E-state index >= 15 is 0 Å². The Bertz CT molecular complexity index is 5280. The minimum Gasteiger partial charge on any atom is -0.507 e. The number of halogens is 1. The van der Waals surface area contributed by atoms with Gasteiger partial charge >= 0.3 is 5.69 Å². The third-order valence-electron chi connectivity index (χ3n) is 21.0. The topological polar surface area (TPSA) is 546 Å². The molecule has 0 bridgehead atoms. The summed E-state index contributed by atoms with van der Waals surface area (Å²) in [4.78, 5) is 40.9. The van der Waals surface area contributed by atoms with Crippen molar-refractivity contribution in [2.45, 2.75) is 152 Å². The van der Waals surface area contributed by atoms with Gasteiger partial charge in [0.2, 0.25) is 18.9 Å². The number of nitrogens with zero attached hydrogens (tertiary/aromatic N) is 6. The highest BCUT2D eigenvalue weighted by atomic mass is 35.5. The third kappa shape index (κ3) is 19.2. The number of H-pyrrole nitrogens is 1. The molecule has 0 unspecified atom stereocenters. The molecule has 2 amide bonds. The van der Waals surface area contributed by atoms with Gasteiger partial charge in [0.05, 0.1) is 78.7 Å². The monoisotopic (exact) mass is 1700 g/mol. The van der Waals surface area contributed by atoms with E-state index in [-0.39, 0.29) is 96.8 Å². The summed E-state index contributed by atoms with van der Waals surface area (Å²) in [5, 5.41) is 174. The number of aliphatic hydroxyl groups is 12. The summed E-state index contributed by atoms with van der Waals surface area (Å²) in [5.74, 6) is -0.942. The smallest absolute Gasteiger partial charge is 0.348 e. The number of hydrogen-bond acceptors (Lipinski definition) is 32.